The van der Waals surface area contributed by atoms with Crippen LogP contribution in [-0.2, 0) is 0 Å². The van der Waals surface area contributed by atoms with Gasteiger partial charge in [-0.15, -0.1) is 0 Å². The Hall–Kier alpha value is -3.90. The van der Waals surface area contributed by atoms with Crippen LogP contribution >= 0.6 is 0 Å². The van der Waals surface area contributed by atoms with Gasteiger partial charge in [0.1, 0.15) is 5.82 Å². The number of nitriles is 1. The smallest absolute Gasteiger partial charge is 0.256 e. The average Bonchev–Trinajstić information content (AvgIpc) is 3.60. The minimum Gasteiger partial charge on any atom is -0.390 e. The molecule has 35 heavy (non-hydrogen) atoms. The summed E-state index contributed by atoms with van der Waals surface area (Å²) in [5.41, 5.74) is 3.99. The van der Waals surface area contributed by atoms with E-state index in [1.54, 1.807) is 4.52 Å². The maximum atomic E-state index is 13.7. The molecule has 3 atom stereocenters. The molecule has 9 nitrogen and oxygen atoms in total. The molecule has 0 unspecified atom stereocenters. The molecule has 4 aromatic rings. The van der Waals surface area contributed by atoms with Crippen LogP contribution in [0, 0.1) is 24.2 Å². The van der Waals surface area contributed by atoms with Gasteiger partial charge in [-0.3, -0.25) is 4.79 Å². The Morgan fingerprint density at radius 3 is 2.97 bits per heavy atom. The fourth-order valence-corrected chi connectivity index (χ4v) is 5.49. The molecule has 2 aliphatic heterocycles. The van der Waals surface area contributed by atoms with Crippen molar-refractivity contribution in [3.05, 3.63) is 59.5 Å². The van der Waals surface area contributed by atoms with Crippen LogP contribution in [0.2, 0.25) is 0 Å². The van der Waals surface area contributed by atoms with Gasteiger partial charge < -0.3 is 19.9 Å². The lowest BCUT2D eigenvalue weighted by Gasteiger charge is -2.35. The van der Waals surface area contributed by atoms with Gasteiger partial charge in [-0.25, -0.2) is 9.50 Å². The lowest BCUT2D eigenvalue weighted by Crippen LogP contribution is -2.38. The highest BCUT2D eigenvalue weighted by Crippen LogP contribution is 2.34. The number of β-amino-alcohol motifs (C(OH)–C–C–N with tert-alkyl or cyclic N) is 1. The van der Waals surface area contributed by atoms with Crippen LogP contribution in [0.5, 0.6) is 0 Å². The van der Waals surface area contributed by atoms with Crippen molar-refractivity contribution in [1.82, 2.24) is 24.5 Å². The van der Waals surface area contributed by atoms with Crippen molar-refractivity contribution < 1.29 is 9.90 Å². The molecule has 178 valence electrons. The minimum absolute atomic E-state index is 0.0123. The van der Waals surface area contributed by atoms with E-state index >= 15 is 0 Å². The minimum atomic E-state index is -0.677. The maximum Gasteiger partial charge on any atom is 0.256 e. The molecule has 3 aromatic heterocycles. The molecule has 2 fully saturated rings. The van der Waals surface area contributed by atoms with Crippen molar-refractivity contribution in [2.24, 2.45) is 5.92 Å². The molecule has 2 saturated heterocycles. The van der Waals surface area contributed by atoms with Crippen LogP contribution in [0.25, 0.3) is 16.6 Å². The summed E-state index contributed by atoms with van der Waals surface area (Å²) < 4.78 is 1.77. The van der Waals surface area contributed by atoms with Crippen molar-refractivity contribution in [3.8, 4) is 6.07 Å². The highest BCUT2D eigenvalue weighted by Gasteiger charge is 2.34. The molecule has 2 aliphatic rings. The molecule has 0 spiro atoms. The molecular weight excluding hydrogens is 442 g/mol. The molecule has 0 aliphatic carbocycles. The number of carbonyl (C=O) groups is 1. The number of likely N-dealkylation sites (tertiary alicyclic amines) is 1. The van der Waals surface area contributed by atoms with Gasteiger partial charge in [-0.05, 0) is 38.3 Å². The summed E-state index contributed by atoms with van der Waals surface area (Å²) in [5, 5.41) is 25.3. The molecule has 1 aromatic carbocycles. The summed E-state index contributed by atoms with van der Waals surface area (Å²) >= 11 is 0. The predicted molar refractivity (Wildman–Crippen MR) is 131 cm³/mol. The number of carbonyl (C=O) groups excluding carboxylic acids is 1. The number of aliphatic hydroxyl groups is 1. The molecule has 0 saturated carbocycles. The number of benzene rings is 1. The molecule has 0 bridgehead atoms. The van der Waals surface area contributed by atoms with E-state index in [2.05, 4.69) is 11.1 Å². The fraction of sp³-hybridized carbons (Fsp3) is 0.385. The van der Waals surface area contributed by atoms with Gasteiger partial charge in [-0.2, -0.15) is 10.4 Å². The van der Waals surface area contributed by atoms with Crippen LogP contribution in [-0.4, -0.2) is 61.2 Å². The normalized spacial score (nSPS) is 22.7. The quantitative estimate of drug-likeness (QED) is 0.476. The first-order valence-corrected chi connectivity index (χ1v) is 12.1. The fourth-order valence-electron chi connectivity index (χ4n) is 5.49. The zero-order valence-electron chi connectivity index (χ0n) is 19.6. The second kappa shape index (κ2) is 8.40. The SMILES string of the molecule is Cc1cn2nc([C@@H]3CCCCN3C(=O)c3cccc4cc[nH]c34)cc2nc1N1C[C@@H](C#N)[C@@H](O)C1. The van der Waals surface area contributed by atoms with Crippen LogP contribution < -0.4 is 4.90 Å². The van der Waals surface area contributed by atoms with E-state index in [0.717, 1.165) is 47.2 Å². The van der Waals surface area contributed by atoms with Gasteiger partial charge in [-0.1, -0.05) is 12.1 Å². The van der Waals surface area contributed by atoms with Gasteiger partial charge in [0.15, 0.2) is 5.65 Å². The molecule has 5 heterocycles. The summed E-state index contributed by atoms with van der Waals surface area (Å²) in [6.45, 7) is 3.49. The molecule has 0 radical (unpaired) electrons. The predicted octanol–water partition coefficient (Wildman–Crippen LogP) is 3.21. The third-order valence-corrected chi connectivity index (χ3v) is 7.30. The van der Waals surface area contributed by atoms with Crippen molar-refractivity contribution in [3.63, 3.8) is 0 Å². The van der Waals surface area contributed by atoms with Crippen LogP contribution in [0.15, 0.2) is 42.7 Å². The molecule has 9 heteroatoms. The van der Waals surface area contributed by atoms with Gasteiger partial charge in [0.2, 0.25) is 0 Å². The molecular formula is C26H27N7O2. The lowest BCUT2D eigenvalue weighted by molar-refractivity contribution is 0.0607. The number of hydrogen-bond donors (Lipinski definition) is 2. The number of anilines is 1. The molecule has 1 amide bonds. The largest absolute Gasteiger partial charge is 0.390 e. The zero-order chi connectivity index (χ0) is 24.1. The van der Waals surface area contributed by atoms with Crippen LogP contribution in [0.4, 0.5) is 5.82 Å². The number of aromatic nitrogens is 4. The third-order valence-electron chi connectivity index (χ3n) is 7.30. The topological polar surface area (TPSA) is 114 Å². The maximum absolute atomic E-state index is 13.7. The zero-order valence-corrected chi connectivity index (χ0v) is 19.6. The number of rotatable bonds is 3. The Morgan fingerprint density at radius 1 is 1.26 bits per heavy atom. The number of aliphatic hydroxyl groups excluding tert-OH is 1. The summed E-state index contributed by atoms with van der Waals surface area (Å²) in [7, 11) is 0. The number of amides is 1. The van der Waals surface area contributed by atoms with Crippen molar-refractivity contribution in [2.45, 2.75) is 38.3 Å². The van der Waals surface area contributed by atoms with E-state index in [9.17, 15) is 15.2 Å². The second-order valence-electron chi connectivity index (χ2n) is 9.59. The number of aryl methyl sites for hydroxylation is 1. The summed E-state index contributed by atoms with van der Waals surface area (Å²) in [6.07, 6.45) is 5.97. The van der Waals surface area contributed by atoms with Crippen molar-refractivity contribution >= 4 is 28.3 Å². The number of hydrogen-bond acceptors (Lipinski definition) is 6. The number of nitrogens with one attached hydrogen (secondary N) is 1. The number of fused-ring (bicyclic) bond motifs is 2. The van der Waals surface area contributed by atoms with Crippen LogP contribution in [0.1, 0.15) is 46.9 Å². The van der Waals surface area contributed by atoms with Crippen molar-refractivity contribution in [1.29, 1.82) is 5.26 Å². The number of piperidine rings is 1. The van der Waals surface area contributed by atoms with Crippen molar-refractivity contribution in [2.75, 3.05) is 24.5 Å². The first-order valence-electron chi connectivity index (χ1n) is 12.1. The lowest BCUT2D eigenvalue weighted by atomic mass is 9.98. The Morgan fingerprint density at radius 2 is 2.14 bits per heavy atom. The van der Waals surface area contributed by atoms with E-state index in [-0.39, 0.29) is 11.9 Å². The van der Waals surface area contributed by atoms with Gasteiger partial charge in [0, 0.05) is 49.0 Å². The highest BCUT2D eigenvalue weighted by molar-refractivity contribution is 6.05. The van der Waals surface area contributed by atoms with Gasteiger partial charge in [0.25, 0.3) is 5.91 Å². The highest BCUT2D eigenvalue weighted by atomic mass is 16.3. The van der Waals surface area contributed by atoms with E-state index in [1.165, 1.54) is 0 Å². The number of nitrogens with zero attached hydrogens (tertiary/aromatic N) is 6. The molecule has 2 N–H and O–H groups in total. The summed E-state index contributed by atoms with van der Waals surface area (Å²) in [4.78, 5) is 25.6. The van der Waals surface area contributed by atoms with Crippen LogP contribution in [0.3, 0.4) is 0 Å². The van der Waals surface area contributed by atoms with E-state index in [0.29, 0.717) is 30.8 Å². The van der Waals surface area contributed by atoms with E-state index in [4.69, 9.17) is 10.1 Å². The van der Waals surface area contributed by atoms with Gasteiger partial charge >= 0.3 is 0 Å². The number of H-pyrrole nitrogens is 1. The Balaban J connectivity index is 1.34. The number of para-hydroxylation sites is 1. The first-order chi connectivity index (χ1) is 17.0. The summed E-state index contributed by atoms with van der Waals surface area (Å²) in [5.74, 6) is 0.354. The average molecular weight is 470 g/mol. The molecule has 6 rings (SSSR count). The van der Waals surface area contributed by atoms with E-state index < -0.39 is 12.0 Å². The third kappa shape index (κ3) is 3.61. The Labute approximate surface area is 202 Å². The van der Waals surface area contributed by atoms with Gasteiger partial charge in [0.05, 0.1) is 40.9 Å². The standard InChI is InChI=1S/C26H27N7O2/c1-16-13-33-23(29-25(16)31-14-18(12-27)22(34)15-31)11-20(30-33)21-7-2-3-10-32(21)26(35)19-6-4-5-17-8-9-28-24(17)19/h4-6,8-9,11,13,18,21-22,28,34H,2-3,7,10,14-15H2,1H3/t18-,21+,22+/m1/s1. The Bertz CT molecular complexity index is 1470. The summed E-state index contributed by atoms with van der Waals surface area (Å²) in [6, 6.07) is 11.8. The first kappa shape index (κ1) is 21.6. The number of aromatic amines is 1. The second-order valence-corrected chi connectivity index (χ2v) is 9.59. The van der Waals surface area contributed by atoms with E-state index in [1.807, 2.05) is 59.4 Å². The Kier molecular flexibility index (Phi) is 5.19. The monoisotopic (exact) mass is 469 g/mol.